The molecule has 0 bridgehead atoms. The first-order valence-corrected chi connectivity index (χ1v) is 9.00. The lowest BCUT2D eigenvalue weighted by atomic mass is 9.86. The minimum atomic E-state index is -0.662. The summed E-state index contributed by atoms with van der Waals surface area (Å²) in [5.41, 5.74) is 2.07. The summed E-state index contributed by atoms with van der Waals surface area (Å²) >= 11 is 5.03. The van der Waals surface area contributed by atoms with Crippen molar-refractivity contribution in [3.63, 3.8) is 0 Å². The van der Waals surface area contributed by atoms with E-state index in [1.807, 2.05) is 24.3 Å². The molecule has 6 heteroatoms. The number of hydrogen-bond acceptors (Lipinski definition) is 4. The zero-order chi connectivity index (χ0) is 15.5. The highest BCUT2D eigenvalue weighted by Crippen LogP contribution is 2.30. The summed E-state index contributed by atoms with van der Waals surface area (Å²) in [6, 6.07) is 8.44. The molecule has 1 heterocycles. The lowest BCUT2D eigenvalue weighted by Crippen LogP contribution is -2.29. The number of thiazole rings is 1. The molecular weight excluding hydrogens is 364 g/mol. The fraction of sp³-hybridized carbons (Fsp3) is 0.375. The number of halogens is 1. The monoisotopic (exact) mass is 380 g/mol. The zero-order valence-corrected chi connectivity index (χ0v) is 14.4. The van der Waals surface area contributed by atoms with Crippen molar-refractivity contribution in [1.82, 2.24) is 4.98 Å². The van der Waals surface area contributed by atoms with Crippen LogP contribution >= 0.6 is 27.3 Å². The molecule has 0 radical (unpaired) electrons. The first kappa shape index (κ1) is 15.5. The first-order valence-electron chi connectivity index (χ1n) is 7.32. The van der Waals surface area contributed by atoms with E-state index in [0.29, 0.717) is 6.04 Å². The third kappa shape index (κ3) is 3.67. The molecule has 4 nitrogen and oxygen atoms in total. The maximum absolute atomic E-state index is 11.0. The molecule has 1 aromatic carbocycles. The Balaban J connectivity index is 1.60. The molecule has 1 fully saturated rings. The maximum Gasteiger partial charge on any atom is 0.306 e. The molecule has 0 aliphatic heterocycles. The molecule has 22 heavy (non-hydrogen) atoms. The van der Waals surface area contributed by atoms with E-state index in [2.05, 4.69) is 31.6 Å². The van der Waals surface area contributed by atoms with Crippen molar-refractivity contribution >= 4 is 38.4 Å². The number of carbonyl (C=O) groups is 1. The van der Waals surface area contributed by atoms with Crippen LogP contribution in [-0.2, 0) is 4.79 Å². The molecule has 0 amide bonds. The third-order valence-electron chi connectivity index (χ3n) is 4.05. The second kappa shape index (κ2) is 6.79. The van der Waals surface area contributed by atoms with Gasteiger partial charge in [0.05, 0.1) is 11.6 Å². The predicted octanol–water partition coefficient (Wildman–Crippen LogP) is 4.63. The van der Waals surface area contributed by atoms with E-state index in [0.717, 1.165) is 46.5 Å². The van der Waals surface area contributed by atoms with E-state index in [-0.39, 0.29) is 5.92 Å². The van der Waals surface area contributed by atoms with Gasteiger partial charge < -0.3 is 10.4 Å². The van der Waals surface area contributed by atoms with Gasteiger partial charge in [-0.05, 0) is 37.8 Å². The molecule has 0 saturated heterocycles. The number of aromatic nitrogens is 1. The number of carboxylic acids is 1. The van der Waals surface area contributed by atoms with Crippen molar-refractivity contribution in [2.45, 2.75) is 31.7 Å². The highest BCUT2D eigenvalue weighted by molar-refractivity contribution is 9.10. The molecule has 0 spiro atoms. The van der Waals surface area contributed by atoms with Gasteiger partial charge in [-0.3, -0.25) is 4.79 Å². The predicted molar refractivity (Wildman–Crippen MR) is 92.3 cm³/mol. The summed E-state index contributed by atoms with van der Waals surface area (Å²) in [4.78, 5) is 15.6. The summed E-state index contributed by atoms with van der Waals surface area (Å²) in [6.45, 7) is 0. The Kier molecular flexibility index (Phi) is 4.78. The smallest absolute Gasteiger partial charge is 0.306 e. The zero-order valence-electron chi connectivity index (χ0n) is 12.0. The summed E-state index contributed by atoms with van der Waals surface area (Å²) in [7, 11) is 0. The molecule has 1 aromatic heterocycles. The van der Waals surface area contributed by atoms with Crippen molar-refractivity contribution < 1.29 is 9.90 Å². The highest BCUT2D eigenvalue weighted by atomic mass is 79.9. The van der Waals surface area contributed by atoms with Gasteiger partial charge in [-0.25, -0.2) is 4.98 Å². The first-order chi connectivity index (χ1) is 10.6. The number of anilines is 1. The average Bonchev–Trinajstić information content (AvgIpc) is 2.97. The van der Waals surface area contributed by atoms with Crippen LogP contribution in [-0.4, -0.2) is 22.1 Å². The Morgan fingerprint density at radius 1 is 1.23 bits per heavy atom. The minimum Gasteiger partial charge on any atom is -0.481 e. The van der Waals surface area contributed by atoms with Crippen molar-refractivity contribution in [3.8, 4) is 11.3 Å². The number of nitrogens with zero attached hydrogens (tertiary/aromatic N) is 1. The topological polar surface area (TPSA) is 62.2 Å². The summed E-state index contributed by atoms with van der Waals surface area (Å²) in [5, 5.41) is 15.4. The molecule has 1 aliphatic carbocycles. The normalized spacial score (nSPS) is 21.5. The Bertz CT molecular complexity index is 648. The summed E-state index contributed by atoms with van der Waals surface area (Å²) < 4.78 is 1.06. The molecule has 1 aliphatic rings. The Morgan fingerprint density at radius 2 is 1.91 bits per heavy atom. The average molecular weight is 381 g/mol. The van der Waals surface area contributed by atoms with Gasteiger partial charge in [-0.15, -0.1) is 11.3 Å². The Morgan fingerprint density at radius 3 is 2.55 bits per heavy atom. The van der Waals surface area contributed by atoms with E-state index in [4.69, 9.17) is 5.11 Å². The lowest BCUT2D eigenvalue weighted by Gasteiger charge is -2.26. The Labute approximate surface area is 141 Å². The summed E-state index contributed by atoms with van der Waals surface area (Å²) in [5.74, 6) is -0.835. The molecular formula is C16H17BrN2O2S. The lowest BCUT2D eigenvalue weighted by molar-refractivity contribution is -0.142. The second-order valence-corrected chi connectivity index (χ2v) is 7.35. The fourth-order valence-corrected chi connectivity index (χ4v) is 3.81. The van der Waals surface area contributed by atoms with Crippen LogP contribution in [0.5, 0.6) is 0 Å². The van der Waals surface area contributed by atoms with Crippen molar-refractivity contribution in [3.05, 3.63) is 34.1 Å². The molecule has 3 rings (SSSR count). The van der Waals surface area contributed by atoms with E-state index < -0.39 is 5.97 Å². The number of aliphatic carboxylic acids is 1. The van der Waals surface area contributed by atoms with E-state index in [1.54, 1.807) is 11.3 Å². The van der Waals surface area contributed by atoms with Crippen LogP contribution in [0.1, 0.15) is 25.7 Å². The van der Waals surface area contributed by atoms with Crippen LogP contribution in [0.15, 0.2) is 34.1 Å². The fourth-order valence-electron chi connectivity index (χ4n) is 2.75. The molecule has 0 unspecified atom stereocenters. The number of carboxylic acid groups (broad SMARTS) is 1. The quantitative estimate of drug-likeness (QED) is 0.811. The number of hydrogen-bond donors (Lipinski definition) is 2. The van der Waals surface area contributed by atoms with Gasteiger partial charge >= 0.3 is 5.97 Å². The third-order valence-corrected chi connectivity index (χ3v) is 5.35. The largest absolute Gasteiger partial charge is 0.481 e. The van der Waals surface area contributed by atoms with Gasteiger partial charge in [-0.1, -0.05) is 28.1 Å². The van der Waals surface area contributed by atoms with Gasteiger partial charge in [0.1, 0.15) is 0 Å². The van der Waals surface area contributed by atoms with Crippen LogP contribution in [0, 0.1) is 5.92 Å². The van der Waals surface area contributed by atoms with Crippen LogP contribution < -0.4 is 5.32 Å². The van der Waals surface area contributed by atoms with Crippen LogP contribution in [0.2, 0.25) is 0 Å². The van der Waals surface area contributed by atoms with Crippen LogP contribution in [0.25, 0.3) is 11.3 Å². The van der Waals surface area contributed by atoms with Gasteiger partial charge in [0, 0.05) is 21.5 Å². The van der Waals surface area contributed by atoms with Crippen molar-refractivity contribution in [2.75, 3.05) is 5.32 Å². The molecule has 2 aromatic rings. The number of rotatable bonds is 4. The van der Waals surface area contributed by atoms with E-state index in [1.165, 1.54) is 0 Å². The second-order valence-electron chi connectivity index (χ2n) is 5.58. The van der Waals surface area contributed by atoms with Gasteiger partial charge in [-0.2, -0.15) is 0 Å². The number of nitrogens with one attached hydrogen (secondary N) is 1. The van der Waals surface area contributed by atoms with Crippen LogP contribution in [0.4, 0.5) is 5.13 Å². The van der Waals surface area contributed by atoms with E-state index in [9.17, 15) is 4.79 Å². The molecule has 2 N–H and O–H groups in total. The minimum absolute atomic E-state index is 0.173. The Hall–Kier alpha value is -1.40. The standard InChI is InChI=1S/C16H17BrN2O2S/c17-12-5-1-10(2-6-12)14-9-22-16(19-14)18-13-7-3-11(4-8-13)15(20)21/h1-2,5-6,9,11,13H,3-4,7-8H2,(H,18,19)(H,20,21). The van der Waals surface area contributed by atoms with Gasteiger partial charge in [0.15, 0.2) is 5.13 Å². The SMILES string of the molecule is O=C(O)C1CCC(Nc2nc(-c3ccc(Br)cc3)cs2)CC1. The molecule has 116 valence electrons. The van der Waals surface area contributed by atoms with Crippen molar-refractivity contribution in [1.29, 1.82) is 0 Å². The van der Waals surface area contributed by atoms with E-state index >= 15 is 0 Å². The molecule has 1 saturated carbocycles. The van der Waals surface area contributed by atoms with Gasteiger partial charge in [0.2, 0.25) is 0 Å². The van der Waals surface area contributed by atoms with Crippen molar-refractivity contribution in [2.24, 2.45) is 5.92 Å². The number of benzene rings is 1. The summed E-state index contributed by atoms with van der Waals surface area (Å²) in [6.07, 6.45) is 3.28. The van der Waals surface area contributed by atoms with Crippen LogP contribution in [0.3, 0.4) is 0 Å². The highest BCUT2D eigenvalue weighted by Gasteiger charge is 2.26. The molecule has 0 atom stereocenters. The maximum atomic E-state index is 11.0. The van der Waals surface area contributed by atoms with Gasteiger partial charge in [0.25, 0.3) is 0 Å².